The summed E-state index contributed by atoms with van der Waals surface area (Å²) in [5.41, 5.74) is 1.85. The van der Waals surface area contributed by atoms with Gasteiger partial charge >= 0.3 is 11.9 Å². The highest BCUT2D eigenvalue weighted by Crippen LogP contribution is 2.36. The first kappa shape index (κ1) is 29.2. The Morgan fingerprint density at radius 1 is 0.683 bits per heavy atom. The first-order chi connectivity index (χ1) is 19.7. The van der Waals surface area contributed by atoms with E-state index in [0.717, 1.165) is 21.9 Å². The van der Waals surface area contributed by atoms with Crippen molar-refractivity contribution in [2.45, 2.75) is 45.2 Å². The number of hydrogen-bond acceptors (Lipinski definition) is 8. The molecule has 1 aromatic heterocycles. The minimum absolute atomic E-state index is 0.0434. The number of aromatic nitrogens is 1. The maximum atomic E-state index is 12.4. The van der Waals surface area contributed by atoms with Crippen molar-refractivity contribution in [3.8, 4) is 23.0 Å². The van der Waals surface area contributed by atoms with Crippen molar-refractivity contribution in [1.82, 2.24) is 9.47 Å². The summed E-state index contributed by atoms with van der Waals surface area (Å²) in [5.74, 6) is -0.484. The highest BCUT2D eigenvalue weighted by atomic mass is 16.5. The lowest BCUT2D eigenvalue weighted by Gasteiger charge is -2.14. The van der Waals surface area contributed by atoms with Crippen LogP contribution in [0.1, 0.15) is 48.0 Å². The largest absolute Gasteiger partial charge is 0.493 e. The predicted molar refractivity (Wildman–Crippen MR) is 146 cm³/mol. The molecule has 0 fully saturated rings. The zero-order chi connectivity index (χ0) is 29.5. The quantitative estimate of drug-likeness (QED) is 0.275. The van der Waals surface area contributed by atoms with Crippen molar-refractivity contribution >= 4 is 34.5 Å². The average Bonchev–Trinajstić information content (AvgIpc) is 3.56. The molecule has 1 aliphatic rings. The van der Waals surface area contributed by atoms with Gasteiger partial charge in [0.25, 0.3) is 0 Å². The van der Waals surface area contributed by atoms with Crippen LogP contribution in [0.5, 0.6) is 23.0 Å². The number of carboxylic acid groups (broad SMARTS) is 2. The lowest BCUT2D eigenvalue weighted by Crippen LogP contribution is -2.25. The van der Waals surface area contributed by atoms with E-state index in [1.807, 2.05) is 12.1 Å². The Morgan fingerprint density at radius 3 is 1.68 bits per heavy atom. The van der Waals surface area contributed by atoms with E-state index in [0.29, 0.717) is 55.7 Å². The maximum Gasteiger partial charge on any atom is 0.303 e. The van der Waals surface area contributed by atoms with Crippen molar-refractivity contribution in [2.24, 2.45) is 0 Å². The SMILES string of the molecule is COc1cc2c(cc1OCCCOc1cc3cn(C(=O)CCC(=O)O)cc3cc1OC)CN(C(=O)CCC(=O)O)C2. The smallest absolute Gasteiger partial charge is 0.303 e. The van der Waals surface area contributed by atoms with Crippen LogP contribution in [0.15, 0.2) is 36.7 Å². The van der Waals surface area contributed by atoms with E-state index in [2.05, 4.69) is 0 Å². The summed E-state index contributed by atoms with van der Waals surface area (Å²) in [6.45, 7) is 1.42. The van der Waals surface area contributed by atoms with Gasteiger partial charge in [0, 0.05) is 55.5 Å². The van der Waals surface area contributed by atoms with Crippen LogP contribution in [0, 0.1) is 0 Å². The van der Waals surface area contributed by atoms with Gasteiger partial charge in [0.15, 0.2) is 23.0 Å². The monoisotopic (exact) mass is 568 g/mol. The topological polar surface area (TPSA) is 154 Å². The predicted octanol–water partition coefficient (Wildman–Crippen LogP) is 3.72. The van der Waals surface area contributed by atoms with Crippen LogP contribution in [0.2, 0.25) is 0 Å². The van der Waals surface area contributed by atoms with Crippen LogP contribution in [0.25, 0.3) is 10.8 Å². The molecule has 0 radical (unpaired) electrons. The first-order valence-electron chi connectivity index (χ1n) is 13.1. The Balaban J connectivity index is 1.33. The Morgan fingerprint density at radius 2 is 1.15 bits per heavy atom. The number of amides is 1. The van der Waals surface area contributed by atoms with Gasteiger partial charge in [-0.15, -0.1) is 0 Å². The second-order valence-electron chi connectivity index (χ2n) is 9.55. The third kappa shape index (κ3) is 7.27. The van der Waals surface area contributed by atoms with E-state index in [-0.39, 0.29) is 37.5 Å². The van der Waals surface area contributed by atoms with E-state index in [4.69, 9.17) is 29.2 Å². The molecule has 12 nitrogen and oxygen atoms in total. The standard InChI is InChI=1S/C29H32N2O10/c1-38-22-10-18-14-30(26(32)4-6-28(34)35)16-20(18)12-24(22)40-8-3-9-41-25-13-21-17-31(27(33)5-7-29(36)37)15-19(21)11-23(25)39-2/h10-14,16H,3-9,15,17H2,1-2H3,(H,34,35)(H,36,37). The minimum Gasteiger partial charge on any atom is -0.493 e. The minimum atomic E-state index is -1.03. The highest BCUT2D eigenvalue weighted by molar-refractivity contribution is 5.92. The number of nitrogens with zero attached hydrogens (tertiary/aromatic N) is 2. The summed E-state index contributed by atoms with van der Waals surface area (Å²) in [6.07, 6.45) is 3.22. The highest BCUT2D eigenvalue weighted by Gasteiger charge is 2.26. The number of fused-ring (bicyclic) bond motifs is 2. The summed E-state index contributed by atoms with van der Waals surface area (Å²) in [7, 11) is 3.06. The third-order valence-electron chi connectivity index (χ3n) is 6.68. The van der Waals surface area contributed by atoms with Crippen molar-refractivity contribution in [2.75, 3.05) is 27.4 Å². The number of benzene rings is 2. The van der Waals surface area contributed by atoms with E-state index >= 15 is 0 Å². The van der Waals surface area contributed by atoms with Crippen LogP contribution in [0.4, 0.5) is 0 Å². The molecule has 0 atom stereocenters. The zero-order valence-corrected chi connectivity index (χ0v) is 22.9. The normalized spacial score (nSPS) is 12.2. The van der Waals surface area contributed by atoms with Crippen LogP contribution >= 0.6 is 0 Å². The van der Waals surface area contributed by atoms with Gasteiger partial charge in [-0.05, 0) is 35.4 Å². The fourth-order valence-corrected chi connectivity index (χ4v) is 4.56. The zero-order valence-electron chi connectivity index (χ0n) is 22.9. The molecule has 0 unspecified atom stereocenters. The lowest BCUT2D eigenvalue weighted by atomic mass is 10.1. The number of carbonyl (C=O) groups excluding carboxylic acids is 2. The molecular weight excluding hydrogens is 536 g/mol. The van der Waals surface area contributed by atoms with Crippen LogP contribution < -0.4 is 18.9 Å². The molecule has 4 rings (SSSR count). The Kier molecular flexibility index (Phi) is 9.33. The first-order valence-corrected chi connectivity index (χ1v) is 13.1. The molecule has 41 heavy (non-hydrogen) atoms. The number of aliphatic carboxylic acids is 2. The molecule has 0 spiro atoms. The molecule has 1 aliphatic heterocycles. The van der Waals surface area contributed by atoms with Crippen LogP contribution in [-0.2, 0) is 27.5 Å². The van der Waals surface area contributed by atoms with E-state index in [1.54, 1.807) is 29.4 Å². The molecule has 0 saturated heterocycles. The Bertz CT molecular complexity index is 1460. The molecule has 12 heteroatoms. The van der Waals surface area contributed by atoms with Crippen molar-refractivity contribution in [3.63, 3.8) is 0 Å². The van der Waals surface area contributed by atoms with Gasteiger partial charge in [0.2, 0.25) is 11.8 Å². The molecule has 1 amide bonds. The lowest BCUT2D eigenvalue weighted by molar-refractivity contribution is -0.141. The van der Waals surface area contributed by atoms with Gasteiger partial charge in [-0.1, -0.05) is 0 Å². The van der Waals surface area contributed by atoms with Gasteiger partial charge in [-0.3, -0.25) is 23.7 Å². The molecule has 2 N–H and O–H groups in total. The fourth-order valence-electron chi connectivity index (χ4n) is 4.56. The molecule has 0 saturated carbocycles. The van der Waals surface area contributed by atoms with Gasteiger partial charge in [0.1, 0.15) is 0 Å². The van der Waals surface area contributed by atoms with Crippen molar-refractivity contribution in [1.29, 1.82) is 0 Å². The van der Waals surface area contributed by atoms with E-state index < -0.39 is 11.9 Å². The van der Waals surface area contributed by atoms with Crippen molar-refractivity contribution < 1.29 is 48.3 Å². The average molecular weight is 569 g/mol. The number of rotatable bonds is 14. The molecule has 2 heterocycles. The number of ether oxygens (including phenoxy) is 4. The van der Waals surface area contributed by atoms with E-state index in [9.17, 15) is 19.2 Å². The molecule has 0 aliphatic carbocycles. The summed E-state index contributed by atoms with van der Waals surface area (Å²) >= 11 is 0. The molecule has 3 aromatic rings. The van der Waals surface area contributed by atoms with Gasteiger partial charge in [0.05, 0.1) is 40.3 Å². The molecule has 0 bridgehead atoms. The van der Waals surface area contributed by atoms with Gasteiger partial charge < -0.3 is 34.1 Å². The number of methoxy groups -OCH3 is 2. The van der Waals surface area contributed by atoms with Crippen LogP contribution in [0.3, 0.4) is 0 Å². The summed E-state index contributed by atoms with van der Waals surface area (Å²) in [6, 6.07) is 7.21. The second kappa shape index (κ2) is 13.1. The fraction of sp³-hybridized carbons (Fsp3) is 0.379. The second-order valence-corrected chi connectivity index (χ2v) is 9.55. The van der Waals surface area contributed by atoms with E-state index in [1.165, 1.54) is 18.8 Å². The number of carbonyl (C=O) groups is 4. The van der Waals surface area contributed by atoms with Crippen molar-refractivity contribution in [3.05, 3.63) is 47.8 Å². The number of hydrogen-bond donors (Lipinski definition) is 2. The molecular formula is C29H32N2O10. The summed E-state index contributed by atoms with van der Waals surface area (Å²) < 4.78 is 24.2. The maximum absolute atomic E-state index is 12.4. The van der Waals surface area contributed by atoms with Gasteiger partial charge in [-0.25, -0.2) is 0 Å². The summed E-state index contributed by atoms with van der Waals surface area (Å²) in [4.78, 5) is 47.8. The van der Waals surface area contributed by atoms with Crippen LogP contribution in [-0.4, -0.2) is 70.9 Å². The molecule has 218 valence electrons. The Hall–Kier alpha value is -4.74. The number of carboxylic acids is 2. The molecule has 2 aromatic carbocycles. The third-order valence-corrected chi connectivity index (χ3v) is 6.68. The summed E-state index contributed by atoms with van der Waals surface area (Å²) in [5, 5.41) is 19.2. The van der Waals surface area contributed by atoms with Gasteiger partial charge in [-0.2, -0.15) is 0 Å². The Labute approximate surface area is 236 Å².